The maximum atomic E-state index is 12.9. The first kappa shape index (κ1) is 23.7. The van der Waals surface area contributed by atoms with Gasteiger partial charge in [0.1, 0.15) is 11.3 Å². The van der Waals surface area contributed by atoms with Crippen LogP contribution in [0, 0.1) is 0 Å². The average molecular weight is 474 g/mol. The molecule has 2 N–H and O–H groups in total. The highest BCUT2D eigenvalue weighted by atomic mass is 19.4. The van der Waals surface area contributed by atoms with Gasteiger partial charge in [0.2, 0.25) is 0 Å². The Hall–Kier alpha value is -3.40. The second-order valence-corrected chi connectivity index (χ2v) is 9.22. The topological polar surface area (TPSA) is 87.6 Å². The van der Waals surface area contributed by atoms with Gasteiger partial charge in [-0.25, -0.2) is 4.79 Å². The smallest absolute Gasteiger partial charge is 0.416 e. The molecule has 0 spiro atoms. The van der Waals surface area contributed by atoms with Crippen LogP contribution in [-0.4, -0.2) is 57.1 Å². The monoisotopic (exact) mass is 474 g/mol. The predicted molar refractivity (Wildman–Crippen MR) is 121 cm³/mol. The Labute approximate surface area is 194 Å². The molecule has 2 heterocycles. The molecule has 3 aromatic rings. The molecule has 1 aliphatic rings. The molecule has 1 fully saturated rings. The van der Waals surface area contributed by atoms with E-state index in [0.29, 0.717) is 27.8 Å². The van der Waals surface area contributed by atoms with E-state index in [1.165, 1.54) is 17.0 Å². The van der Waals surface area contributed by atoms with Crippen molar-refractivity contribution in [2.24, 2.45) is 0 Å². The Bertz CT molecular complexity index is 1190. The molecular weight excluding hydrogens is 449 g/mol. The Kier molecular flexibility index (Phi) is 6.11. The summed E-state index contributed by atoms with van der Waals surface area (Å²) in [5, 5.41) is 23.6. The predicted octanol–water partition coefficient (Wildman–Crippen LogP) is 4.71. The van der Waals surface area contributed by atoms with Crippen LogP contribution < -0.4 is 5.32 Å². The number of amides is 1. The molecule has 4 rings (SSSR count). The van der Waals surface area contributed by atoms with E-state index < -0.39 is 35.6 Å². The zero-order chi connectivity index (χ0) is 24.7. The van der Waals surface area contributed by atoms with Gasteiger partial charge in [0.25, 0.3) is 0 Å². The van der Waals surface area contributed by atoms with Crippen LogP contribution in [-0.2, 0) is 10.9 Å². The molecule has 2 atom stereocenters. The number of alkyl halides is 3. The summed E-state index contributed by atoms with van der Waals surface area (Å²) in [6, 6.07) is 11.5. The standard InChI is InChI=1S/C24H25F3N4O3/c1-23(2,3)34-22(33)31-12-18(19(32)13-31)28-21-17-7-5-4-6-16(17)20(29-30-21)14-8-10-15(11-9-14)24(25,26)27/h4-11,18-19,32H,12-13H2,1-3H3,(H,28,30)/t18-,19+/m1/s1. The fourth-order valence-electron chi connectivity index (χ4n) is 3.82. The number of likely N-dealkylation sites (tertiary alicyclic amines) is 1. The number of carbonyl (C=O) groups excluding carboxylic acids is 1. The van der Waals surface area contributed by atoms with E-state index in [0.717, 1.165) is 12.1 Å². The molecule has 0 unspecified atom stereocenters. The number of hydrogen-bond donors (Lipinski definition) is 2. The number of aliphatic hydroxyl groups is 1. The number of anilines is 1. The number of halogens is 3. The van der Waals surface area contributed by atoms with Crippen molar-refractivity contribution in [3.63, 3.8) is 0 Å². The van der Waals surface area contributed by atoms with Crippen LogP contribution in [0.15, 0.2) is 48.5 Å². The van der Waals surface area contributed by atoms with Gasteiger partial charge in [0, 0.05) is 22.9 Å². The van der Waals surface area contributed by atoms with Gasteiger partial charge in [0.05, 0.1) is 24.3 Å². The molecule has 0 radical (unpaired) electrons. The molecule has 1 aromatic heterocycles. The SMILES string of the molecule is CC(C)(C)OC(=O)N1C[C@H](O)[C@H](Nc2nnc(-c3ccc(C(F)(F)F)cc3)c3ccccc23)C1. The molecule has 0 bridgehead atoms. The van der Waals surface area contributed by atoms with E-state index in [9.17, 15) is 23.1 Å². The highest BCUT2D eigenvalue weighted by Crippen LogP contribution is 2.34. The molecule has 7 nitrogen and oxygen atoms in total. The number of hydrogen-bond acceptors (Lipinski definition) is 6. The van der Waals surface area contributed by atoms with Crippen LogP contribution in [0.2, 0.25) is 0 Å². The van der Waals surface area contributed by atoms with Crippen molar-refractivity contribution in [3.05, 3.63) is 54.1 Å². The summed E-state index contributed by atoms with van der Waals surface area (Å²) in [7, 11) is 0. The number of carbonyl (C=O) groups is 1. The van der Waals surface area contributed by atoms with Crippen LogP contribution in [0.1, 0.15) is 26.3 Å². The lowest BCUT2D eigenvalue weighted by Crippen LogP contribution is -2.36. The molecular formula is C24H25F3N4O3. The van der Waals surface area contributed by atoms with Crippen molar-refractivity contribution in [1.29, 1.82) is 0 Å². The maximum Gasteiger partial charge on any atom is 0.416 e. The number of ether oxygens (including phenoxy) is 1. The zero-order valence-electron chi connectivity index (χ0n) is 18.9. The van der Waals surface area contributed by atoms with Crippen molar-refractivity contribution in [2.45, 2.75) is 44.7 Å². The van der Waals surface area contributed by atoms with Crippen molar-refractivity contribution in [2.75, 3.05) is 18.4 Å². The summed E-state index contributed by atoms with van der Waals surface area (Å²) >= 11 is 0. The average Bonchev–Trinajstić information content (AvgIpc) is 3.13. The van der Waals surface area contributed by atoms with Crippen LogP contribution in [0.5, 0.6) is 0 Å². The van der Waals surface area contributed by atoms with Gasteiger partial charge in [0.15, 0.2) is 5.82 Å². The van der Waals surface area contributed by atoms with E-state index in [1.54, 1.807) is 32.9 Å². The van der Waals surface area contributed by atoms with Gasteiger partial charge >= 0.3 is 12.3 Å². The van der Waals surface area contributed by atoms with Crippen LogP contribution >= 0.6 is 0 Å². The molecule has 0 aliphatic carbocycles. The van der Waals surface area contributed by atoms with Crippen molar-refractivity contribution < 1.29 is 27.8 Å². The number of rotatable bonds is 3. The Morgan fingerprint density at radius 1 is 1.03 bits per heavy atom. The van der Waals surface area contributed by atoms with Gasteiger partial charge in [-0.3, -0.25) is 0 Å². The highest BCUT2D eigenvalue weighted by molar-refractivity contribution is 6.00. The zero-order valence-corrected chi connectivity index (χ0v) is 18.9. The molecule has 2 aromatic carbocycles. The lowest BCUT2D eigenvalue weighted by atomic mass is 10.0. The van der Waals surface area contributed by atoms with E-state index in [-0.39, 0.29) is 13.1 Å². The minimum Gasteiger partial charge on any atom is -0.444 e. The van der Waals surface area contributed by atoms with Gasteiger partial charge in [-0.15, -0.1) is 10.2 Å². The van der Waals surface area contributed by atoms with Gasteiger partial charge < -0.3 is 20.1 Å². The molecule has 0 saturated carbocycles. The quantitative estimate of drug-likeness (QED) is 0.572. The number of nitrogens with one attached hydrogen (secondary N) is 1. The number of nitrogens with zero attached hydrogens (tertiary/aromatic N) is 3. The third-order valence-electron chi connectivity index (χ3n) is 5.44. The Morgan fingerprint density at radius 3 is 2.29 bits per heavy atom. The summed E-state index contributed by atoms with van der Waals surface area (Å²) in [5.41, 5.74) is -0.447. The molecule has 1 saturated heterocycles. The molecule has 10 heteroatoms. The first-order chi connectivity index (χ1) is 15.9. The lowest BCUT2D eigenvalue weighted by Gasteiger charge is -2.24. The number of fused-ring (bicyclic) bond motifs is 1. The summed E-state index contributed by atoms with van der Waals surface area (Å²) in [6.07, 6.45) is -5.78. The first-order valence-electron chi connectivity index (χ1n) is 10.8. The molecule has 1 aliphatic heterocycles. The fraction of sp³-hybridized carbons (Fsp3) is 0.375. The van der Waals surface area contributed by atoms with E-state index >= 15 is 0 Å². The van der Waals surface area contributed by atoms with Gasteiger partial charge in [-0.05, 0) is 32.9 Å². The summed E-state index contributed by atoms with van der Waals surface area (Å²) in [5.74, 6) is 0.404. The largest absolute Gasteiger partial charge is 0.444 e. The van der Waals surface area contributed by atoms with Crippen LogP contribution in [0.25, 0.3) is 22.0 Å². The molecule has 1 amide bonds. The van der Waals surface area contributed by atoms with E-state index in [4.69, 9.17) is 4.74 Å². The minimum absolute atomic E-state index is 0.113. The van der Waals surface area contributed by atoms with Crippen LogP contribution in [0.3, 0.4) is 0 Å². The second-order valence-electron chi connectivity index (χ2n) is 9.22. The molecule has 180 valence electrons. The number of β-amino-alcohol motifs (C(OH)–C–C–N with tert-alkyl or cyclic N) is 1. The first-order valence-corrected chi connectivity index (χ1v) is 10.8. The number of benzene rings is 2. The second kappa shape index (κ2) is 8.75. The number of aromatic nitrogens is 2. The summed E-state index contributed by atoms with van der Waals surface area (Å²) < 4.78 is 44.2. The van der Waals surface area contributed by atoms with Crippen molar-refractivity contribution in [3.8, 4) is 11.3 Å². The van der Waals surface area contributed by atoms with E-state index in [2.05, 4.69) is 15.5 Å². The van der Waals surface area contributed by atoms with Crippen LogP contribution in [0.4, 0.5) is 23.8 Å². The maximum absolute atomic E-state index is 12.9. The van der Waals surface area contributed by atoms with Gasteiger partial charge in [-0.2, -0.15) is 13.2 Å². The number of aliphatic hydroxyl groups excluding tert-OH is 1. The van der Waals surface area contributed by atoms with E-state index in [1.807, 2.05) is 12.1 Å². The Balaban J connectivity index is 1.59. The summed E-state index contributed by atoms with van der Waals surface area (Å²) in [6.45, 7) is 5.64. The third-order valence-corrected chi connectivity index (χ3v) is 5.44. The fourth-order valence-corrected chi connectivity index (χ4v) is 3.82. The normalized spacial score (nSPS) is 18.9. The summed E-state index contributed by atoms with van der Waals surface area (Å²) in [4.78, 5) is 13.8. The van der Waals surface area contributed by atoms with Crippen molar-refractivity contribution in [1.82, 2.24) is 15.1 Å². The molecule has 34 heavy (non-hydrogen) atoms. The lowest BCUT2D eigenvalue weighted by molar-refractivity contribution is -0.137. The minimum atomic E-state index is -4.42. The highest BCUT2D eigenvalue weighted by Gasteiger charge is 2.36. The third kappa shape index (κ3) is 5.06. The van der Waals surface area contributed by atoms with Gasteiger partial charge in [-0.1, -0.05) is 36.4 Å². The Morgan fingerprint density at radius 2 is 1.68 bits per heavy atom. The van der Waals surface area contributed by atoms with Crippen molar-refractivity contribution >= 4 is 22.7 Å².